The van der Waals surface area contributed by atoms with Crippen LogP contribution in [0.15, 0.2) is 72.0 Å². The van der Waals surface area contributed by atoms with Crippen LogP contribution in [-0.4, -0.2) is 40.1 Å². The molecule has 0 bridgehead atoms. The van der Waals surface area contributed by atoms with Gasteiger partial charge in [-0.2, -0.15) is 9.40 Å². The van der Waals surface area contributed by atoms with Crippen LogP contribution in [0, 0.1) is 11.7 Å². The highest BCUT2D eigenvalue weighted by Gasteiger charge is 2.38. The number of rotatable bonds is 5. The molecular weight excluding hydrogens is 415 g/mol. The predicted octanol–water partition coefficient (Wildman–Crippen LogP) is 4.27. The molecule has 3 heterocycles. The Bertz CT molecular complexity index is 1310. The highest BCUT2D eigenvalue weighted by Crippen LogP contribution is 2.32. The Labute approximate surface area is 180 Å². The van der Waals surface area contributed by atoms with Crippen molar-refractivity contribution in [3.05, 3.63) is 72.9 Å². The highest BCUT2D eigenvalue weighted by molar-refractivity contribution is 7.89. The lowest BCUT2D eigenvalue weighted by atomic mass is 10.1. The lowest BCUT2D eigenvalue weighted by Crippen LogP contribution is -2.34. The zero-order valence-corrected chi connectivity index (χ0v) is 17.9. The minimum absolute atomic E-state index is 0.102. The largest absolute Gasteiger partial charge is 0.347 e. The molecule has 1 aliphatic rings. The second-order valence-corrected chi connectivity index (χ2v) is 10.1. The number of H-pyrrole nitrogens is 1. The highest BCUT2D eigenvalue weighted by atomic mass is 32.2. The summed E-state index contributed by atoms with van der Waals surface area (Å²) in [7, 11) is -3.64. The molecule has 8 heteroatoms. The van der Waals surface area contributed by atoms with E-state index in [0.717, 1.165) is 35.0 Å². The molecule has 0 amide bonds. The number of benzene rings is 2. The Morgan fingerprint density at radius 3 is 2.68 bits per heavy atom. The third kappa shape index (κ3) is 3.66. The van der Waals surface area contributed by atoms with E-state index in [2.05, 4.69) is 45.2 Å². The van der Waals surface area contributed by atoms with Gasteiger partial charge in [-0.1, -0.05) is 6.07 Å². The zero-order chi connectivity index (χ0) is 21.6. The number of nitrogens with zero attached hydrogens (tertiary/aromatic N) is 3. The van der Waals surface area contributed by atoms with Crippen LogP contribution < -0.4 is 0 Å². The SMILES string of the molecule is C[C@H]1C[C@H](Cn2ccc3cc(-c4cn[nH]c4)ccc32)CN1S(=O)(=O)c1ccc(F)cc1. The summed E-state index contributed by atoms with van der Waals surface area (Å²) < 4.78 is 43.1. The molecule has 1 N–H and O–H groups in total. The number of aromatic nitrogens is 3. The zero-order valence-electron chi connectivity index (χ0n) is 17.1. The molecule has 31 heavy (non-hydrogen) atoms. The molecule has 0 spiro atoms. The topological polar surface area (TPSA) is 71.0 Å². The quantitative estimate of drug-likeness (QED) is 0.506. The lowest BCUT2D eigenvalue weighted by molar-refractivity contribution is 0.399. The average Bonchev–Trinajstić information content (AvgIpc) is 3.49. The van der Waals surface area contributed by atoms with Crippen molar-refractivity contribution in [1.82, 2.24) is 19.1 Å². The number of halogens is 1. The summed E-state index contributed by atoms with van der Waals surface area (Å²) >= 11 is 0. The van der Waals surface area contributed by atoms with E-state index < -0.39 is 15.8 Å². The van der Waals surface area contributed by atoms with Gasteiger partial charge in [0.05, 0.1) is 11.1 Å². The maximum absolute atomic E-state index is 13.2. The van der Waals surface area contributed by atoms with Gasteiger partial charge in [-0.05, 0) is 67.3 Å². The number of nitrogens with one attached hydrogen (secondary N) is 1. The second-order valence-electron chi connectivity index (χ2n) is 8.21. The molecule has 0 aliphatic carbocycles. The monoisotopic (exact) mass is 438 g/mol. The molecule has 1 saturated heterocycles. The third-order valence-electron chi connectivity index (χ3n) is 6.08. The molecule has 2 aromatic heterocycles. The van der Waals surface area contributed by atoms with E-state index >= 15 is 0 Å². The van der Waals surface area contributed by atoms with Gasteiger partial charge in [0.15, 0.2) is 0 Å². The van der Waals surface area contributed by atoms with Crippen LogP contribution in [-0.2, 0) is 16.6 Å². The van der Waals surface area contributed by atoms with Crippen LogP contribution >= 0.6 is 0 Å². The smallest absolute Gasteiger partial charge is 0.243 e. The molecular formula is C23H23FN4O2S. The van der Waals surface area contributed by atoms with E-state index in [1.807, 2.05) is 13.1 Å². The standard InChI is InChI=1S/C23H23FN4O2S/c1-16-10-17(15-28(16)31(29,30)22-5-3-21(24)4-6-22)14-27-9-8-19-11-18(2-7-23(19)27)20-12-25-26-13-20/h2-9,11-13,16-17H,10,14-15H2,1H3,(H,25,26)/t16-,17+/m0/s1. The van der Waals surface area contributed by atoms with E-state index in [9.17, 15) is 12.8 Å². The van der Waals surface area contributed by atoms with Gasteiger partial charge in [0.2, 0.25) is 10.0 Å². The van der Waals surface area contributed by atoms with Gasteiger partial charge in [0.25, 0.3) is 0 Å². The van der Waals surface area contributed by atoms with Gasteiger partial charge < -0.3 is 4.57 Å². The molecule has 2 aromatic carbocycles. The van der Waals surface area contributed by atoms with Crippen molar-refractivity contribution in [2.75, 3.05) is 6.54 Å². The number of fused-ring (bicyclic) bond motifs is 1. The normalized spacial score (nSPS) is 19.9. The lowest BCUT2D eigenvalue weighted by Gasteiger charge is -2.21. The Morgan fingerprint density at radius 2 is 1.94 bits per heavy atom. The van der Waals surface area contributed by atoms with Gasteiger partial charge in [-0.3, -0.25) is 5.10 Å². The second kappa shape index (κ2) is 7.62. The molecule has 5 rings (SSSR count). The summed E-state index contributed by atoms with van der Waals surface area (Å²) in [5.74, 6) is -0.240. The summed E-state index contributed by atoms with van der Waals surface area (Å²) in [5, 5.41) is 7.99. The summed E-state index contributed by atoms with van der Waals surface area (Å²) in [6, 6.07) is 13.3. The van der Waals surface area contributed by atoms with E-state index in [1.54, 1.807) is 10.5 Å². The number of hydrogen-bond donors (Lipinski definition) is 1. The van der Waals surface area contributed by atoms with Crippen molar-refractivity contribution >= 4 is 20.9 Å². The first-order valence-electron chi connectivity index (χ1n) is 10.3. The summed E-state index contributed by atoms with van der Waals surface area (Å²) in [6.45, 7) is 3.13. The van der Waals surface area contributed by atoms with Crippen molar-refractivity contribution in [2.45, 2.75) is 30.8 Å². The molecule has 2 atom stereocenters. The van der Waals surface area contributed by atoms with Gasteiger partial charge in [-0.15, -0.1) is 0 Å². The van der Waals surface area contributed by atoms with Gasteiger partial charge in [-0.25, -0.2) is 12.8 Å². The first kappa shape index (κ1) is 20.0. The Balaban J connectivity index is 1.35. The van der Waals surface area contributed by atoms with Gasteiger partial charge >= 0.3 is 0 Å². The van der Waals surface area contributed by atoms with E-state index in [-0.39, 0.29) is 16.9 Å². The van der Waals surface area contributed by atoms with Crippen LogP contribution in [0.2, 0.25) is 0 Å². The summed E-state index contributed by atoms with van der Waals surface area (Å²) in [5.41, 5.74) is 3.27. The molecule has 6 nitrogen and oxygen atoms in total. The van der Waals surface area contributed by atoms with Crippen LogP contribution in [0.1, 0.15) is 13.3 Å². The average molecular weight is 439 g/mol. The van der Waals surface area contributed by atoms with Crippen LogP contribution in [0.4, 0.5) is 4.39 Å². The van der Waals surface area contributed by atoms with Gasteiger partial charge in [0.1, 0.15) is 5.82 Å². The molecule has 0 radical (unpaired) electrons. The fraction of sp³-hybridized carbons (Fsp3) is 0.261. The Morgan fingerprint density at radius 1 is 1.13 bits per heavy atom. The molecule has 160 valence electrons. The van der Waals surface area contributed by atoms with Crippen molar-refractivity contribution in [3.63, 3.8) is 0 Å². The summed E-state index contributed by atoms with van der Waals surface area (Å²) in [6.07, 6.45) is 6.52. The minimum atomic E-state index is -3.64. The van der Waals surface area contributed by atoms with Crippen LogP contribution in [0.3, 0.4) is 0 Å². The number of hydrogen-bond acceptors (Lipinski definition) is 3. The predicted molar refractivity (Wildman–Crippen MR) is 117 cm³/mol. The maximum Gasteiger partial charge on any atom is 0.243 e. The minimum Gasteiger partial charge on any atom is -0.347 e. The van der Waals surface area contributed by atoms with E-state index in [1.165, 1.54) is 24.3 Å². The van der Waals surface area contributed by atoms with Gasteiger partial charge in [0, 0.05) is 48.0 Å². The first-order valence-corrected chi connectivity index (χ1v) is 11.7. The molecule has 0 unspecified atom stereocenters. The van der Waals surface area contributed by atoms with Crippen molar-refractivity contribution in [2.24, 2.45) is 5.92 Å². The molecule has 1 aliphatic heterocycles. The van der Waals surface area contributed by atoms with Crippen LogP contribution in [0.25, 0.3) is 22.0 Å². The summed E-state index contributed by atoms with van der Waals surface area (Å²) in [4.78, 5) is 0.139. The van der Waals surface area contributed by atoms with Crippen molar-refractivity contribution in [1.29, 1.82) is 0 Å². The number of sulfonamides is 1. The van der Waals surface area contributed by atoms with Crippen LogP contribution in [0.5, 0.6) is 0 Å². The molecule has 4 aromatic rings. The fourth-order valence-corrected chi connectivity index (χ4v) is 6.26. The molecule has 0 saturated carbocycles. The first-order chi connectivity index (χ1) is 14.9. The van der Waals surface area contributed by atoms with E-state index in [4.69, 9.17) is 0 Å². The third-order valence-corrected chi connectivity index (χ3v) is 8.08. The Hall–Kier alpha value is -2.97. The van der Waals surface area contributed by atoms with E-state index in [0.29, 0.717) is 6.54 Å². The molecule has 1 fully saturated rings. The fourth-order valence-electron chi connectivity index (χ4n) is 4.54. The Kier molecular flexibility index (Phi) is 4.91. The van der Waals surface area contributed by atoms with Crippen molar-refractivity contribution < 1.29 is 12.8 Å². The van der Waals surface area contributed by atoms with Crippen molar-refractivity contribution in [3.8, 4) is 11.1 Å². The maximum atomic E-state index is 13.2. The number of aromatic amines is 1.